The second-order valence-electron chi connectivity index (χ2n) is 7.01. The van der Waals surface area contributed by atoms with Crippen molar-refractivity contribution < 1.29 is 0 Å². The molecule has 0 saturated carbocycles. The fourth-order valence-corrected chi connectivity index (χ4v) is 4.61. The first-order valence-corrected chi connectivity index (χ1v) is 12.1. The van der Waals surface area contributed by atoms with E-state index in [4.69, 9.17) is 9.98 Å². The molecule has 0 bridgehead atoms. The van der Waals surface area contributed by atoms with Crippen molar-refractivity contribution in [3.8, 4) is 0 Å². The van der Waals surface area contributed by atoms with E-state index in [9.17, 15) is 0 Å². The van der Waals surface area contributed by atoms with Gasteiger partial charge in [-0.2, -0.15) is 0 Å². The zero-order valence-corrected chi connectivity index (χ0v) is 21.5. The van der Waals surface area contributed by atoms with Crippen molar-refractivity contribution in [3.05, 3.63) is 40.9 Å². The molecule has 0 radical (unpaired) electrons. The van der Waals surface area contributed by atoms with Gasteiger partial charge in [0.15, 0.2) is 11.1 Å². The third-order valence-corrected chi connectivity index (χ3v) is 6.51. The number of nitrogens with zero attached hydrogens (tertiary/aromatic N) is 4. The van der Waals surface area contributed by atoms with Gasteiger partial charge in [0.2, 0.25) is 0 Å². The summed E-state index contributed by atoms with van der Waals surface area (Å²) in [5.74, 6) is 0.950. The number of benzene rings is 1. The number of halogens is 1. The molecule has 160 valence electrons. The number of thiazole rings is 1. The van der Waals surface area contributed by atoms with Gasteiger partial charge in [-0.25, -0.2) is 4.98 Å². The number of hydrogen-bond donors (Lipinski definition) is 1. The lowest BCUT2D eigenvalue weighted by Crippen LogP contribution is -2.38. The molecule has 2 heterocycles. The predicted molar refractivity (Wildman–Crippen MR) is 138 cm³/mol. The summed E-state index contributed by atoms with van der Waals surface area (Å²) in [6.07, 6.45) is 5.57. The normalized spacial score (nSPS) is 14.0. The molecule has 1 aliphatic heterocycles. The van der Waals surface area contributed by atoms with Crippen LogP contribution in [-0.2, 0) is 13.0 Å². The number of aliphatic imine (C=N–C) groups is 1. The summed E-state index contributed by atoms with van der Waals surface area (Å²) in [5, 5.41) is 6.77. The Balaban J connectivity index is 0.00000300. The molecule has 3 rings (SSSR count). The van der Waals surface area contributed by atoms with Gasteiger partial charge in [-0.15, -0.1) is 47.1 Å². The summed E-state index contributed by atoms with van der Waals surface area (Å²) in [5.41, 5.74) is 2.45. The summed E-state index contributed by atoms with van der Waals surface area (Å²) in [7, 11) is 2.10. The average molecular weight is 546 g/mol. The van der Waals surface area contributed by atoms with E-state index in [1.165, 1.54) is 28.4 Å². The van der Waals surface area contributed by atoms with Crippen LogP contribution in [-0.4, -0.2) is 55.3 Å². The fraction of sp³-hybridized carbons (Fsp3) is 0.524. The van der Waals surface area contributed by atoms with Gasteiger partial charge in [0.05, 0.1) is 5.69 Å². The van der Waals surface area contributed by atoms with Crippen molar-refractivity contribution in [3.63, 3.8) is 0 Å². The molecule has 2 aromatic rings. The first-order chi connectivity index (χ1) is 13.7. The Bertz CT molecular complexity index is 757. The molecule has 5 nitrogen and oxygen atoms in total. The third-order valence-electron chi connectivity index (χ3n) is 4.82. The molecule has 1 aromatic heterocycles. The van der Waals surface area contributed by atoms with Crippen molar-refractivity contribution in [2.24, 2.45) is 4.99 Å². The maximum absolute atomic E-state index is 4.82. The van der Waals surface area contributed by atoms with E-state index >= 15 is 0 Å². The van der Waals surface area contributed by atoms with E-state index in [0.717, 1.165) is 50.8 Å². The predicted octanol–water partition coefficient (Wildman–Crippen LogP) is 4.72. The smallest absolute Gasteiger partial charge is 0.193 e. The first kappa shape index (κ1) is 24.3. The summed E-state index contributed by atoms with van der Waals surface area (Å²) >= 11 is 3.54. The van der Waals surface area contributed by atoms with Crippen LogP contribution in [0.5, 0.6) is 0 Å². The maximum atomic E-state index is 4.82. The molecule has 1 aliphatic rings. The van der Waals surface area contributed by atoms with Crippen molar-refractivity contribution in [1.82, 2.24) is 15.2 Å². The zero-order valence-electron chi connectivity index (χ0n) is 17.6. The van der Waals surface area contributed by atoms with Crippen molar-refractivity contribution in [1.29, 1.82) is 0 Å². The summed E-state index contributed by atoms with van der Waals surface area (Å²) < 4.78 is 0. The fourth-order valence-electron chi connectivity index (χ4n) is 3.29. The number of nitrogens with one attached hydrogen (secondary N) is 1. The second kappa shape index (κ2) is 12.6. The SMILES string of the molecule is CCNC(=NCCc1csc(N2CCCC2)n1)N(C)Cc1ccc(SC)cc1.I. The molecule has 1 saturated heterocycles. The standard InChI is InChI=1S/C21H31N5S2.HI/c1-4-22-20(25(2)15-17-7-9-19(27-3)10-8-17)23-12-11-18-16-28-21(24-18)26-13-5-6-14-26;/h7-10,16H,4-6,11-15H2,1-3H3,(H,22,23);1H. The highest BCUT2D eigenvalue weighted by Crippen LogP contribution is 2.24. The third kappa shape index (κ3) is 7.32. The minimum absolute atomic E-state index is 0. The second-order valence-corrected chi connectivity index (χ2v) is 8.72. The van der Waals surface area contributed by atoms with Crippen molar-refractivity contribution in [2.75, 3.05) is 44.4 Å². The Morgan fingerprint density at radius 3 is 2.66 bits per heavy atom. The van der Waals surface area contributed by atoms with Gasteiger partial charge in [0, 0.05) is 56.5 Å². The van der Waals surface area contributed by atoms with E-state index in [-0.39, 0.29) is 24.0 Å². The van der Waals surface area contributed by atoms with Gasteiger partial charge in [-0.3, -0.25) is 4.99 Å². The van der Waals surface area contributed by atoms with Crippen LogP contribution in [0.3, 0.4) is 0 Å². The minimum Gasteiger partial charge on any atom is -0.357 e. The summed E-state index contributed by atoms with van der Waals surface area (Å²) in [4.78, 5) is 15.5. The molecular formula is C21H32IN5S2. The lowest BCUT2D eigenvalue weighted by atomic mass is 10.2. The van der Waals surface area contributed by atoms with E-state index in [2.05, 4.69) is 65.0 Å². The van der Waals surface area contributed by atoms with Gasteiger partial charge >= 0.3 is 0 Å². The Morgan fingerprint density at radius 1 is 1.28 bits per heavy atom. The topological polar surface area (TPSA) is 43.8 Å². The van der Waals surface area contributed by atoms with Crippen LogP contribution < -0.4 is 10.2 Å². The molecule has 1 N–H and O–H groups in total. The quantitative estimate of drug-likeness (QED) is 0.225. The van der Waals surface area contributed by atoms with Crippen LogP contribution in [0.25, 0.3) is 0 Å². The van der Waals surface area contributed by atoms with Gasteiger partial charge in [0.25, 0.3) is 0 Å². The lowest BCUT2D eigenvalue weighted by molar-refractivity contribution is 0.477. The molecular weight excluding hydrogens is 513 g/mol. The van der Waals surface area contributed by atoms with Gasteiger partial charge in [-0.05, 0) is 43.7 Å². The summed E-state index contributed by atoms with van der Waals surface area (Å²) in [6.45, 7) is 6.87. The van der Waals surface area contributed by atoms with E-state index in [1.807, 2.05) is 0 Å². The Hall–Kier alpha value is -1.000. The monoisotopic (exact) mass is 545 g/mol. The first-order valence-electron chi connectivity index (χ1n) is 10.0. The number of hydrogen-bond acceptors (Lipinski definition) is 5. The number of thioether (sulfide) groups is 1. The number of guanidine groups is 1. The molecule has 8 heteroatoms. The highest BCUT2D eigenvalue weighted by atomic mass is 127. The molecule has 0 amide bonds. The largest absolute Gasteiger partial charge is 0.357 e. The lowest BCUT2D eigenvalue weighted by Gasteiger charge is -2.22. The Kier molecular flexibility index (Phi) is 10.6. The van der Waals surface area contributed by atoms with Crippen LogP contribution in [0.4, 0.5) is 5.13 Å². The van der Waals surface area contributed by atoms with Crippen LogP contribution in [0.1, 0.15) is 31.0 Å². The Morgan fingerprint density at radius 2 is 2.00 bits per heavy atom. The molecule has 1 fully saturated rings. The molecule has 29 heavy (non-hydrogen) atoms. The highest BCUT2D eigenvalue weighted by molar-refractivity contribution is 14.0. The molecule has 0 atom stereocenters. The van der Waals surface area contributed by atoms with E-state index in [0.29, 0.717) is 0 Å². The van der Waals surface area contributed by atoms with Crippen LogP contribution in [0.15, 0.2) is 39.5 Å². The van der Waals surface area contributed by atoms with Crippen LogP contribution >= 0.6 is 47.1 Å². The number of aromatic nitrogens is 1. The molecule has 0 spiro atoms. The van der Waals surface area contributed by atoms with Crippen molar-refractivity contribution >= 4 is 58.2 Å². The number of rotatable bonds is 8. The average Bonchev–Trinajstić information content (AvgIpc) is 3.39. The maximum Gasteiger partial charge on any atom is 0.193 e. The minimum atomic E-state index is 0. The highest BCUT2D eigenvalue weighted by Gasteiger charge is 2.15. The summed E-state index contributed by atoms with van der Waals surface area (Å²) in [6, 6.07) is 8.75. The van der Waals surface area contributed by atoms with Crippen LogP contribution in [0.2, 0.25) is 0 Å². The van der Waals surface area contributed by atoms with Crippen molar-refractivity contribution in [2.45, 2.75) is 37.6 Å². The van der Waals surface area contributed by atoms with Gasteiger partial charge < -0.3 is 15.1 Å². The number of anilines is 1. The molecule has 0 aliphatic carbocycles. The molecule has 0 unspecified atom stereocenters. The van der Waals surface area contributed by atoms with E-state index in [1.54, 1.807) is 23.1 Å². The van der Waals surface area contributed by atoms with Gasteiger partial charge in [-0.1, -0.05) is 12.1 Å². The van der Waals surface area contributed by atoms with Gasteiger partial charge in [0.1, 0.15) is 0 Å². The Labute approximate surface area is 200 Å². The molecule has 1 aromatic carbocycles. The zero-order chi connectivity index (χ0) is 19.8. The van der Waals surface area contributed by atoms with Crippen LogP contribution in [0, 0.1) is 0 Å². The van der Waals surface area contributed by atoms with E-state index < -0.39 is 0 Å².